The van der Waals surface area contributed by atoms with Gasteiger partial charge >= 0.3 is 5.97 Å². The van der Waals surface area contributed by atoms with Crippen molar-refractivity contribution in [3.63, 3.8) is 0 Å². The third kappa shape index (κ3) is 5.75. The zero-order chi connectivity index (χ0) is 27.7. The topological polar surface area (TPSA) is 90.5 Å². The highest BCUT2D eigenvalue weighted by Crippen LogP contribution is 2.42. The van der Waals surface area contributed by atoms with Crippen molar-refractivity contribution in [2.45, 2.75) is 83.6 Å². The van der Waals surface area contributed by atoms with Crippen molar-refractivity contribution in [2.24, 2.45) is 29.6 Å². The van der Waals surface area contributed by atoms with Crippen molar-refractivity contribution in [2.75, 3.05) is 13.2 Å². The van der Waals surface area contributed by atoms with E-state index in [1.165, 1.54) is 19.3 Å². The molecule has 2 N–H and O–H groups in total. The molecule has 2 saturated carbocycles. The first-order valence-corrected chi connectivity index (χ1v) is 15.1. The minimum absolute atomic E-state index is 0.0373. The molecule has 39 heavy (non-hydrogen) atoms. The van der Waals surface area contributed by atoms with Crippen LogP contribution < -0.4 is 0 Å². The number of aromatic nitrogens is 1. The van der Waals surface area contributed by atoms with Crippen LogP contribution in [0.5, 0.6) is 0 Å². The van der Waals surface area contributed by atoms with Gasteiger partial charge in [-0.25, -0.2) is 4.79 Å². The van der Waals surface area contributed by atoms with Gasteiger partial charge < -0.3 is 15.0 Å². The minimum atomic E-state index is -1.13. The number of aromatic amines is 1. The number of likely N-dealkylation sites (tertiary alicyclic amines) is 1. The van der Waals surface area contributed by atoms with Crippen molar-refractivity contribution in [1.82, 2.24) is 9.88 Å². The van der Waals surface area contributed by atoms with E-state index in [0.717, 1.165) is 50.5 Å². The fourth-order valence-corrected chi connectivity index (χ4v) is 7.88. The third-order valence-electron chi connectivity index (χ3n) is 9.87. The fraction of sp³-hybridized carbons (Fsp3) is 0.645. The molecule has 1 amide bonds. The van der Waals surface area contributed by atoms with Crippen LogP contribution in [0.15, 0.2) is 18.2 Å². The standard InChI is InChI=1S/C31H40ClFN2O4/c1-18(17-33)20-8-10-22(11-9-20)30(37)35-14-13-23(21-5-3-2-4-6-21)29(35)26(36)16-19-7-12-25-24(15-19)27(32)28(34-25)31(38)39/h7,12,15,18,20-23,29,34H,2-6,8-11,13-14,16-17H2,1H3,(H,38,39)/t18?,20?,22?,23-,29-/m0/s1. The quantitative estimate of drug-likeness (QED) is 0.371. The summed E-state index contributed by atoms with van der Waals surface area (Å²) in [5, 5.41) is 10.1. The number of carbonyl (C=O) groups excluding carboxylic acids is 2. The highest BCUT2D eigenvalue weighted by molar-refractivity contribution is 6.38. The molecule has 5 rings (SSSR count). The van der Waals surface area contributed by atoms with E-state index in [0.29, 0.717) is 29.3 Å². The second-order valence-electron chi connectivity index (χ2n) is 12.2. The number of carbonyl (C=O) groups is 3. The average molecular weight is 559 g/mol. The number of ketones is 1. The Morgan fingerprint density at radius 3 is 2.46 bits per heavy atom. The Morgan fingerprint density at radius 1 is 1.08 bits per heavy atom. The maximum absolute atomic E-state index is 14.0. The predicted octanol–water partition coefficient (Wildman–Crippen LogP) is 6.84. The van der Waals surface area contributed by atoms with Crippen LogP contribution in [0.2, 0.25) is 5.02 Å². The van der Waals surface area contributed by atoms with Gasteiger partial charge in [0, 0.05) is 29.8 Å². The molecule has 1 aliphatic heterocycles. The highest BCUT2D eigenvalue weighted by Gasteiger charge is 2.46. The van der Waals surface area contributed by atoms with Gasteiger partial charge in [-0.15, -0.1) is 0 Å². The minimum Gasteiger partial charge on any atom is -0.477 e. The lowest BCUT2D eigenvalue weighted by molar-refractivity contribution is -0.143. The van der Waals surface area contributed by atoms with Crippen molar-refractivity contribution in [3.8, 4) is 0 Å². The number of aromatic carboxylic acids is 1. The number of nitrogens with one attached hydrogen (secondary N) is 1. The molecule has 1 saturated heterocycles. The number of nitrogens with zero attached hydrogens (tertiary/aromatic N) is 1. The number of alkyl halides is 1. The molecule has 212 valence electrons. The van der Waals surface area contributed by atoms with E-state index in [4.69, 9.17) is 11.6 Å². The number of fused-ring (bicyclic) bond motifs is 1. The molecule has 1 aromatic carbocycles. The first-order valence-electron chi connectivity index (χ1n) is 14.7. The number of halogens is 2. The Bertz CT molecular complexity index is 1210. The smallest absolute Gasteiger partial charge is 0.353 e. The maximum atomic E-state index is 14.0. The van der Waals surface area contributed by atoms with Gasteiger partial charge in [-0.3, -0.25) is 14.0 Å². The van der Waals surface area contributed by atoms with Gasteiger partial charge in [-0.2, -0.15) is 0 Å². The number of hydrogen-bond donors (Lipinski definition) is 2. The van der Waals surface area contributed by atoms with E-state index in [9.17, 15) is 23.9 Å². The first-order chi connectivity index (χ1) is 18.8. The summed E-state index contributed by atoms with van der Waals surface area (Å²) in [6.07, 6.45) is 10.2. The molecule has 0 radical (unpaired) electrons. The Hall–Kier alpha value is -2.41. The average Bonchev–Trinajstić information content (AvgIpc) is 3.54. The van der Waals surface area contributed by atoms with Crippen LogP contribution in [0.4, 0.5) is 4.39 Å². The zero-order valence-corrected chi connectivity index (χ0v) is 23.5. The molecule has 1 unspecified atom stereocenters. The maximum Gasteiger partial charge on any atom is 0.353 e. The van der Waals surface area contributed by atoms with E-state index < -0.39 is 12.0 Å². The van der Waals surface area contributed by atoms with Crippen LogP contribution in [0, 0.1) is 29.6 Å². The lowest BCUT2D eigenvalue weighted by Crippen LogP contribution is -2.48. The van der Waals surface area contributed by atoms with Gasteiger partial charge in [0.1, 0.15) is 5.69 Å². The zero-order valence-electron chi connectivity index (χ0n) is 22.8. The summed E-state index contributed by atoms with van der Waals surface area (Å²) in [5.41, 5.74) is 1.33. The van der Waals surface area contributed by atoms with Crippen LogP contribution in [0.25, 0.3) is 10.9 Å². The molecular weight excluding hydrogens is 519 g/mol. The summed E-state index contributed by atoms with van der Waals surface area (Å²) in [7, 11) is 0. The van der Waals surface area contributed by atoms with Crippen molar-refractivity contribution in [1.29, 1.82) is 0 Å². The molecule has 3 fully saturated rings. The summed E-state index contributed by atoms with van der Waals surface area (Å²) in [6.45, 7) is 2.27. The fourth-order valence-electron chi connectivity index (χ4n) is 7.60. The number of carboxylic acids is 1. The number of Topliss-reactive ketones (excluding diaryl/α,β-unsaturated/α-hetero) is 1. The summed E-state index contributed by atoms with van der Waals surface area (Å²) >= 11 is 6.33. The number of H-pyrrole nitrogens is 1. The van der Waals surface area contributed by atoms with E-state index in [-0.39, 0.29) is 53.3 Å². The molecule has 1 aromatic heterocycles. The van der Waals surface area contributed by atoms with Crippen LogP contribution in [0.1, 0.15) is 87.2 Å². The lowest BCUT2D eigenvalue weighted by atomic mass is 9.74. The van der Waals surface area contributed by atoms with E-state index in [1.807, 2.05) is 17.9 Å². The molecule has 3 atom stereocenters. The van der Waals surface area contributed by atoms with Crippen LogP contribution in [-0.4, -0.2) is 51.9 Å². The normalized spacial score (nSPS) is 27.1. The van der Waals surface area contributed by atoms with E-state index in [1.54, 1.807) is 12.1 Å². The molecule has 3 aliphatic rings. The van der Waals surface area contributed by atoms with Crippen molar-refractivity contribution in [3.05, 3.63) is 34.5 Å². The third-order valence-corrected chi connectivity index (χ3v) is 10.3. The molecular formula is C31H40ClFN2O4. The monoisotopic (exact) mass is 558 g/mol. The second-order valence-corrected chi connectivity index (χ2v) is 12.6. The van der Waals surface area contributed by atoms with E-state index in [2.05, 4.69) is 4.98 Å². The van der Waals surface area contributed by atoms with Gasteiger partial charge in [0.05, 0.1) is 17.7 Å². The molecule has 8 heteroatoms. The Kier molecular flexibility index (Phi) is 8.65. The van der Waals surface area contributed by atoms with Gasteiger partial charge in [0.25, 0.3) is 0 Å². The van der Waals surface area contributed by atoms with Crippen molar-refractivity contribution < 1.29 is 23.9 Å². The van der Waals surface area contributed by atoms with Gasteiger partial charge in [-0.1, -0.05) is 56.7 Å². The van der Waals surface area contributed by atoms with Crippen LogP contribution in [-0.2, 0) is 16.0 Å². The lowest BCUT2D eigenvalue weighted by Gasteiger charge is -2.37. The number of amides is 1. The Morgan fingerprint density at radius 2 is 1.79 bits per heavy atom. The number of carboxylic acid groups (broad SMARTS) is 1. The SMILES string of the molecule is CC(CF)C1CCC(C(=O)N2CC[C@@H](C3CCCCC3)[C@H]2C(=O)Cc2ccc3[nH]c(C(=O)O)c(Cl)c3c2)CC1. The van der Waals surface area contributed by atoms with Crippen LogP contribution in [0.3, 0.4) is 0 Å². The van der Waals surface area contributed by atoms with Crippen molar-refractivity contribution >= 4 is 40.2 Å². The number of benzene rings is 1. The molecule has 2 aliphatic carbocycles. The Labute approximate surface area is 234 Å². The largest absolute Gasteiger partial charge is 0.477 e. The molecule has 0 bridgehead atoms. The predicted molar refractivity (Wildman–Crippen MR) is 150 cm³/mol. The first kappa shape index (κ1) is 28.1. The van der Waals surface area contributed by atoms with Gasteiger partial charge in [-0.05, 0) is 73.5 Å². The van der Waals surface area contributed by atoms with Gasteiger partial charge in [0.2, 0.25) is 5.91 Å². The highest BCUT2D eigenvalue weighted by atomic mass is 35.5. The Balaban J connectivity index is 1.36. The molecule has 2 aromatic rings. The van der Waals surface area contributed by atoms with Crippen LogP contribution >= 0.6 is 11.6 Å². The molecule has 6 nitrogen and oxygen atoms in total. The van der Waals surface area contributed by atoms with Gasteiger partial charge in [0.15, 0.2) is 5.78 Å². The molecule has 0 spiro atoms. The molecule has 2 heterocycles. The summed E-state index contributed by atoms with van der Waals surface area (Å²) in [4.78, 5) is 44.1. The van der Waals surface area contributed by atoms with E-state index >= 15 is 0 Å². The summed E-state index contributed by atoms with van der Waals surface area (Å²) < 4.78 is 13.2. The number of rotatable bonds is 8. The number of hydrogen-bond acceptors (Lipinski definition) is 3. The summed E-state index contributed by atoms with van der Waals surface area (Å²) in [5.74, 6) is -0.0319. The second kappa shape index (κ2) is 12.0. The summed E-state index contributed by atoms with van der Waals surface area (Å²) in [6, 6.07) is 4.98.